The van der Waals surface area contributed by atoms with Gasteiger partial charge >= 0.3 is 0 Å². The summed E-state index contributed by atoms with van der Waals surface area (Å²) < 4.78 is 11.3. The van der Waals surface area contributed by atoms with Crippen LogP contribution in [0.3, 0.4) is 0 Å². The molecule has 0 bridgehead atoms. The van der Waals surface area contributed by atoms with E-state index in [1.807, 2.05) is 14.0 Å². The fraction of sp³-hybridized carbons (Fsp3) is 0.667. The van der Waals surface area contributed by atoms with Crippen molar-refractivity contribution in [2.45, 2.75) is 56.9 Å². The Morgan fingerprint density at radius 2 is 1.88 bits per heavy atom. The lowest BCUT2D eigenvalue weighted by Crippen LogP contribution is -2.49. The highest BCUT2D eigenvalue weighted by Gasteiger charge is 2.34. The highest BCUT2D eigenvalue weighted by molar-refractivity contribution is 5.80. The molecule has 1 aliphatic carbocycles. The Morgan fingerprint density at radius 3 is 2.50 bits per heavy atom. The summed E-state index contributed by atoms with van der Waals surface area (Å²) in [5.41, 5.74) is 1.43. The second kappa shape index (κ2) is 9.26. The molecule has 1 saturated carbocycles. The first-order valence-electron chi connectivity index (χ1n) is 10.0. The maximum absolute atomic E-state index is 5.65. The van der Waals surface area contributed by atoms with E-state index >= 15 is 0 Å². The Bertz CT molecular complexity index is 573. The molecule has 144 valence electrons. The average molecular weight is 360 g/mol. The van der Waals surface area contributed by atoms with Crippen LogP contribution in [0.25, 0.3) is 0 Å². The van der Waals surface area contributed by atoms with Crippen LogP contribution in [0.4, 0.5) is 0 Å². The number of hydrogen-bond donors (Lipinski definition) is 2. The lowest BCUT2D eigenvalue weighted by molar-refractivity contribution is 0.0513. The fourth-order valence-electron chi connectivity index (χ4n) is 4.11. The van der Waals surface area contributed by atoms with Gasteiger partial charge in [-0.1, -0.05) is 25.0 Å². The minimum atomic E-state index is 0.0797. The van der Waals surface area contributed by atoms with Gasteiger partial charge in [0, 0.05) is 38.3 Å². The van der Waals surface area contributed by atoms with E-state index in [0.29, 0.717) is 12.6 Å². The number of nitrogens with one attached hydrogen (secondary N) is 2. The summed E-state index contributed by atoms with van der Waals surface area (Å²) in [6.45, 7) is 5.20. The molecule has 26 heavy (non-hydrogen) atoms. The maximum atomic E-state index is 5.65. The van der Waals surface area contributed by atoms with Crippen LogP contribution in [0.2, 0.25) is 0 Å². The lowest BCUT2D eigenvalue weighted by atomic mass is 9.74. The average Bonchev–Trinajstić information content (AvgIpc) is 3.20. The summed E-state index contributed by atoms with van der Waals surface area (Å²) in [5.74, 6) is 1.86. The summed E-state index contributed by atoms with van der Waals surface area (Å²) in [4.78, 5) is 4.44. The van der Waals surface area contributed by atoms with Gasteiger partial charge in [-0.15, -0.1) is 0 Å². The third kappa shape index (κ3) is 4.70. The highest BCUT2D eigenvalue weighted by atomic mass is 16.5. The van der Waals surface area contributed by atoms with Gasteiger partial charge in [0.05, 0.1) is 6.61 Å². The third-order valence-corrected chi connectivity index (χ3v) is 5.74. The highest BCUT2D eigenvalue weighted by Crippen LogP contribution is 2.35. The van der Waals surface area contributed by atoms with Gasteiger partial charge in [0.15, 0.2) is 5.96 Å². The van der Waals surface area contributed by atoms with Gasteiger partial charge in [-0.2, -0.15) is 0 Å². The molecule has 3 rings (SSSR count). The minimum Gasteiger partial charge on any atom is -0.494 e. The summed E-state index contributed by atoms with van der Waals surface area (Å²) in [6, 6.07) is 9.16. The lowest BCUT2D eigenvalue weighted by Gasteiger charge is -2.38. The van der Waals surface area contributed by atoms with Crippen LogP contribution in [0.5, 0.6) is 5.75 Å². The van der Waals surface area contributed by atoms with E-state index in [1.54, 1.807) is 0 Å². The standard InChI is InChI=1S/C21H33N3O2/c1-3-26-19-10-8-17(9-11-19)21(12-14-25-15-13-21)16-23-20(22-2)24-18-6-4-5-7-18/h8-11,18H,3-7,12-16H2,1-2H3,(H2,22,23,24). The summed E-state index contributed by atoms with van der Waals surface area (Å²) in [5, 5.41) is 7.18. The molecule has 0 atom stereocenters. The van der Waals surface area contributed by atoms with Crippen LogP contribution in [0, 0.1) is 0 Å². The molecule has 1 aliphatic heterocycles. The Kier molecular flexibility index (Phi) is 6.78. The van der Waals surface area contributed by atoms with Crippen molar-refractivity contribution < 1.29 is 9.47 Å². The molecule has 0 spiro atoms. The van der Waals surface area contributed by atoms with Gasteiger partial charge in [0.1, 0.15) is 5.75 Å². The molecule has 5 heteroatoms. The predicted molar refractivity (Wildman–Crippen MR) is 106 cm³/mol. The van der Waals surface area contributed by atoms with Crippen LogP contribution in [-0.2, 0) is 10.2 Å². The van der Waals surface area contributed by atoms with Crippen LogP contribution < -0.4 is 15.4 Å². The minimum absolute atomic E-state index is 0.0797. The number of benzene rings is 1. The second-order valence-electron chi connectivity index (χ2n) is 7.40. The van der Waals surface area contributed by atoms with E-state index in [4.69, 9.17) is 9.47 Å². The molecule has 2 fully saturated rings. The number of ether oxygens (including phenoxy) is 2. The molecule has 0 unspecified atom stereocenters. The Balaban J connectivity index is 1.68. The van der Waals surface area contributed by atoms with Crippen molar-refractivity contribution >= 4 is 5.96 Å². The van der Waals surface area contributed by atoms with E-state index < -0.39 is 0 Å². The maximum Gasteiger partial charge on any atom is 0.191 e. The van der Waals surface area contributed by atoms with E-state index in [2.05, 4.69) is 39.9 Å². The molecule has 0 aromatic heterocycles. The van der Waals surface area contributed by atoms with Crippen LogP contribution in [0.1, 0.15) is 51.0 Å². The molecule has 1 heterocycles. The van der Waals surface area contributed by atoms with Crippen molar-refractivity contribution in [2.75, 3.05) is 33.4 Å². The first-order valence-corrected chi connectivity index (χ1v) is 10.0. The van der Waals surface area contributed by atoms with Gasteiger partial charge < -0.3 is 20.1 Å². The number of guanidine groups is 1. The van der Waals surface area contributed by atoms with E-state index in [1.165, 1.54) is 31.2 Å². The van der Waals surface area contributed by atoms with Crippen LogP contribution in [0.15, 0.2) is 29.3 Å². The SMILES string of the molecule is CCOc1ccc(C2(CNC(=NC)NC3CCCC3)CCOCC2)cc1. The van der Waals surface area contributed by atoms with E-state index in [9.17, 15) is 0 Å². The van der Waals surface area contributed by atoms with Crippen LogP contribution >= 0.6 is 0 Å². The number of rotatable bonds is 6. The van der Waals surface area contributed by atoms with Gasteiger partial charge in [0.25, 0.3) is 0 Å². The molecule has 0 amide bonds. The van der Waals surface area contributed by atoms with Gasteiger partial charge in [-0.3, -0.25) is 4.99 Å². The van der Waals surface area contributed by atoms with Gasteiger partial charge in [-0.05, 0) is 50.3 Å². The molecule has 0 radical (unpaired) electrons. The monoisotopic (exact) mass is 359 g/mol. The largest absolute Gasteiger partial charge is 0.494 e. The quantitative estimate of drug-likeness (QED) is 0.605. The summed E-state index contributed by atoms with van der Waals surface area (Å²) in [7, 11) is 1.86. The molecular formula is C21H33N3O2. The van der Waals surface area contributed by atoms with Crippen LogP contribution in [-0.4, -0.2) is 45.4 Å². The van der Waals surface area contributed by atoms with Gasteiger partial charge in [0.2, 0.25) is 0 Å². The molecule has 5 nitrogen and oxygen atoms in total. The summed E-state index contributed by atoms with van der Waals surface area (Å²) in [6.07, 6.45) is 7.18. The molecular weight excluding hydrogens is 326 g/mol. The zero-order valence-corrected chi connectivity index (χ0v) is 16.2. The van der Waals surface area contributed by atoms with E-state index in [-0.39, 0.29) is 5.41 Å². The van der Waals surface area contributed by atoms with E-state index in [0.717, 1.165) is 44.3 Å². The molecule has 2 aliphatic rings. The van der Waals surface area contributed by atoms with Gasteiger partial charge in [-0.25, -0.2) is 0 Å². The third-order valence-electron chi connectivity index (χ3n) is 5.74. The molecule has 1 aromatic carbocycles. The number of hydrogen-bond acceptors (Lipinski definition) is 3. The first kappa shape index (κ1) is 19.0. The number of aliphatic imine (C=N–C) groups is 1. The predicted octanol–water partition coefficient (Wildman–Crippen LogP) is 3.24. The van der Waals surface area contributed by atoms with Crippen molar-refractivity contribution in [1.29, 1.82) is 0 Å². The smallest absolute Gasteiger partial charge is 0.191 e. The number of nitrogens with zero attached hydrogens (tertiary/aromatic N) is 1. The Morgan fingerprint density at radius 1 is 1.19 bits per heavy atom. The van der Waals surface area contributed by atoms with Crippen molar-refractivity contribution in [3.63, 3.8) is 0 Å². The molecule has 2 N–H and O–H groups in total. The first-order chi connectivity index (χ1) is 12.8. The van der Waals surface area contributed by atoms with Crippen molar-refractivity contribution in [2.24, 2.45) is 4.99 Å². The topological polar surface area (TPSA) is 54.9 Å². The zero-order valence-electron chi connectivity index (χ0n) is 16.2. The Labute approximate surface area is 157 Å². The summed E-state index contributed by atoms with van der Waals surface area (Å²) >= 11 is 0. The van der Waals surface area contributed by atoms with Crippen molar-refractivity contribution in [3.05, 3.63) is 29.8 Å². The molecule has 1 aromatic rings. The fourth-order valence-corrected chi connectivity index (χ4v) is 4.11. The van der Waals surface area contributed by atoms with Crippen molar-refractivity contribution in [3.8, 4) is 5.75 Å². The Hall–Kier alpha value is -1.75. The van der Waals surface area contributed by atoms with Crippen molar-refractivity contribution in [1.82, 2.24) is 10.6 Å². The molecule has 1 saturated heterocycles. The normalized spacial score (nSPS) is 20.8. The second-order valence-corrected chi connectivity index (χ2v) is 7.40. The zero-order chi connectivity index (χ0) is 18.2.